The summed E-state index contributed by atoms with van der Waals surface area (Å²) in [6, 6.07) is 7.20. The van der Waals surface area contributed by atoms with E-state index >= 15 is 0 Å². The zero-order valence-corrected chi connectivity index (χ0v) is 11.8. The Bertz CT molecular complexity index is 454. The van der Waals surface area contributed by atoms with E-state index in [-0.39, 0.29) is 11.8 Å². The standard InChI is InChI=1S/C13H22N2O2S/c1-3-10-18(16,17)13-6-4-12(5-7-13)15-11(2)8-9-14/h4-7,11,15H,3,8-10,14H2,1-2H3. The van der Waals surface area contributed by atoms with Crippen molar-refractivity contribution in [3.05, 3.63) is 24.3 Å². The zero-order valence-electron chi connectivity index (χ0n) is 11.0. The molecule has 3 N–H and O–H groups in total. The van der Waals surface area contributed by atoms with Crippen molar-refractivity contribution in [1.29, 1.82) is 0 Å². The molecule has 0 fully saturated rings. The topological polar surface area (TPSA) is 72.2 Å². The van der Waals surface area contributed by atoms with Crippen LogP contribution < -0.4 is 11.1 Å². The highest BCUT2D eigenvalue weighted by Crippen LogP contribution is 2.17. The smallest absolute Gasteiger partial charge is 0.178 e. The molecule has 0 bridgehead atoms. The second-order valence-corrected chi connectivity index (χ2v) is 6.58. The fourth-order valence-corrected chi connectivity index (χ4v) is 3.08. The molecule has 102 valence electrons. The predicted molar refractivity (Wildman–Crippen MR) is 75.5 cm³/mol. The van der Waals surface area contributed by atoms with Gasteiger partial charge in [-0.3, -0.25) is 0 Å². The van der Waals surface area contributed by atoms with Gasteiger partial charge in [0.2, 0.25) is 0 Å². The van der Waals surface area contributed by atoms with Crippen molar-refractivity contribution >= 4 is 15.5 Å². The molecular weight excluding hydrogens is 248 g/mol. The molecule has 1 aromatic rings. The van der Waals surface area contributed by atoms with Crippen molar-refractivity contribution in [2.24, 2.45) is 5.73 Å². The fraction of sp³-hybridized carbons (Fsp3) is 0.538. The number of anilines is 1. The average molecular weight is 270 g/mol. The minimum atomic E-state index is -3.11. The highest BCUT2D eigenvalue weighted by molar-refractivity contribution is 7.91. The number of rotatable bonds is 7. The summed E-state index contributed by atoms with van der Waals surface area (Å²) in [6.07, 6.45) is 1.52. The highest BCUT2D eigenvalue weighted by Gasteiger charge is 2.12. The third-order valence-corrected chi connectivity index (χ3v) is 4.64. The van der Waals surface area contributed by atoms with Crippen LogP contribution in [-0.2, 0) is 9.84 Å². The highest BCUT2D eigenvalue weighted by atomic mass is 32.2. The quantitative estimate of drug-likeness (QED) is 0.795. The zero-order chi connectivity index (χ0) is 13.6. The van der Waals surface area contributed by atoms with Gasteiger partial charge in [-0.25, -0.2) is 8.42 Å². The van der Waals surface area contributed by atoms with Crippen molar-refractivity contribution < 1.29 is 8.42 Å². The maximum atomic E-state index is 11.8. The van der Waals surface area contributed by atoms with Crippen LogP contribution in [0, 0.1) is 0 Å². The van der Waals surface area contributed by atoms with Crippen LogP contribution in [0.3, 0.4) is 0 Å². The molecule has 0 heterocycles. The lowest BCUT2D eigenvalue weighted by Gasteiger charge is -2.14. The van der Waals surface area contributed by atoms with Crippen molar-refractivity contribution in [3.8, 4) is 0 Å². The molecule has 0 spiro atoms. The first-order valence-electron chi connectivity index (χ1n) is 6.29. The van der Waals surface area contributed by atoms with Gasteiger partial charge in [0.25, 0.3) is 0 Å². The monoisotopic (exact) mass is 270 g/mol. The Balaban J connectivity index is 2.74. The SMILES string of the molecule is CCCS(=O)(=O)c1ccc(NC(C)CCN)cc1. The van der Waals surface area contributed by atoms with E-state index in [1.807, 2.05) is 6.92 Å². The van der Waals surface area contributed by atoms with Gasteiger partial charge >= 0.3 is 0 Å². The predicted octanol–water partition coefficient (Wildman–Crippen LogP) is 2.02. The Hall–Kier alpha value is -1.07. The minimum absolute atomic E-state index is 0.198. The lowest BCUT2D eigenvalue weighted by atomic mass is 10.2. The summed E-state index contributed by atoms with van der Waals surface area (Å²) in [5.74, 6) is 0.198. The van der Waals surface area contributed by atoms with Gasteiger partial charge in [-0.05, 0) is 50.6 Å². The van der Waals surface area contributed by atoms with Crippen molar-refractivity contribution in [3.63, 3.8) is 0 Å². The van der Waals surface area contributed by atoms with Crippen molar-refractivity contribution in [2.75, 3.05) is 17.6 Å². The second kappa shape index (κ2) is 6.75. The molecule has 0 aromatic heterocycles. The molecule has 1 rings (SSSR count). The van der Waals surface area contributed by atoms with E-state index in [9.17, 15) is 8.42 Å². The molecule has 0 aliphatic carbocycles. The van der Waals surface area contributed by atoms with Gasteiger partial charge in [0.1, 0.15) is 0 Å². The van der Waals surface area contributed by atoms with Gasteiger partial charge in [0.05, 0.1) is 10.6 Å². The largest absolute Gasteiger partial charge is 0.383 e. The van der Waals surface area contributed by atoms with Crippen LogP contribution in [0.4, 0.5) is 5.69 Å². The van der Waals surface area contributed by atoms with Crippen LogP contribution in [0.1, 0.15) is 26.7 Å². The number of hydrogen-bond donors (Lipinski definition) is 2. The normalized spacial score (nSPS) is 13.3. The minimum Gasteiger partial charge on any atom is -0.383 e. The summed E-state index contributed by atoms with van der Waals surface area (Å²) in [7, 11) is -3.11. The van der Waals surface area contributed by atoms with Crippen LogP contribution in [0.15, 0.2) is 29.2 Å². The Morgan fingerprint density at radius 1 is 1.28 bits per heavy atom. The number of hydrogen-bond acceptors (Lipinski definition) is 4. The van der Waals surface area contributed by atoms with Crippen molar-refractivity contribution in [1.82, 2.24) is 0 Å². The van der Waals surface area contributed by atoms with Gasteiger partial charge < -0.3 is 11.1 Å². The molecule has 18 heavy (non-hydrogen) atoms. The Kier molecular flexibility index (Phi) is 5.62. The lowest BCUT2D eigenvalue weighted by molar-refractivity contribution is 0.595. The average Bonchev–Trinajstić information content (AvgIpc) is 2.30. The summed E-state index contributed by atoms with van der Waals surface area (Å²) in [6.45, 7) is 4.55. The molecule has 0 saturated heterocycles. The number of nitrogens with two attached hydrogens (primary N) is 1. The van der Waals surface area contributed by atoms with Gasteiger partial charge in [-0.1, -0.05) is 6.92 Å². The lowest BCUT2D eigenvalue weighted by Crippen LogP contribution is -2.19. The molecule has 0 aliphatic heterocycles. The number of nitrogens with one attached hydrogen (secondary N) is 1. The van der Waals surface area contributed by atoms with E-state index in [1.54, 1.807) is 24.3 Å². The summed E-state index contributed by atoms with van der Waals surface area (Å²) < 4.78 is 23.7. The molecule has 1 unspecified atom stereocenters. The van der Waals surface area contributed by atoms with Crippen LogP contribution in [0.5, 0.6) is 0 Å². The molecular formula is C13H22N2O2S. The number of benzene rings is 1. The molecule has 4 nitrogen and oxygen atoms in total. The van der Waals surface area contributed by atoms with E-state index < -0.39 is 9.84 Å². The van der Waals surface area contributed by atoms with Gasteiger partial charge in [0, 0.05) is 11.7 Å². The maximum Gasteiger partial charge on any atom is 0.178 e. The molecule has 0 aliphatic rings. The second-order valence-electron chi connectivity index (χ2n) is 4.47. The third kappa shape index (κ3) is 4.31. The maximum absolute atomic E-state index is 11.8. The first kappa shape index (κ1) is 15.0. The van der Waals surface area contributed by atoms with Crippen LogP contribution >= 0.6 is 0 Å². The summed E-state index contributed by atoms with van der Waals surface area (Å²) >= 11 is 0. The molecule has 1 aromatic carbocycles. The van der Waals surface area contributed by atoms with Crippen LogP contribution in [0.2, 0.25) is 0 Å². The van der Waals surface area contributed by atoms with E-state index in [0.717, 1.165) is 12.1 Å². The summed E-state index contributed by atoms with van der Waals surface area (Å²) in [4.78, 5) is 0.390. The fourth-order valence-electron chi connectivity index (χ4n) is 1.75. The summed E-state index contributed by atoms with van der Waals surface area (Å²) in [5.41, 5.74) is 6.40. The third-order valence-electron chi connectivity index (χ3n) is 2.70. The Morgan fingerprint density at radius 3 is 2.39 bits per heavy atom. The van der Waals surface area contributed by atoms with E-state index in [0.29, 0.717) is 17.9 Å². The molecule has 0 saturated carbocycles. The number of sulfone groups is 1. The summed E-state index contributed by atoms with van der Waals surface area (Å²) in [5, 5.41) is 3.28. The first-order chi connectivity index (χ1) is 8.49. The van der Waals surface area contributed by atoms with Gasteiger partial charge in [-0.15, -0.1) is 0 Å². The van der Waals surface area contributed by atoms with Gasteiger partial charge in [-0.2, -0.15) is 0 Å². The Morgan fingerprint density at radius 2 is 1.89 bits per heavy atom. The molecule has 5 heteroatoms. The Labute approximate surface area is 110 Å². The van der Waals surface area contributed by atoms with Crippen LogP contribution in [-0.4, -0.2) is 26.8 Å². The molecule has 0 amide bonds. The van der Waals surface area contributed by atoms with E-state index in [1.165, 1.54) is 0 Å². The first-order valence-corrected chi connectivity index (χ1v) is 7.94. The van der Waals surface area contributed by atoms with Crippen molar-refractivity contribution in [2.45, 2.75) is 37.6 Å². The molecule has 0 radical (unpaired) electrons. The molecule has 1 atom stereocenters. The van der Waals surface area contributed by atoms with E-state index in [4.69, 9.17) is 5.73 Å². The van der Waals surface area contributed by atoms with Crippen LogP contribution in [0.25, 0.3) is 0 Å². The van der Waals surface area contributed by atoms with Gasteiger partial charge in [0.15, 0.2) is 9.84 Å². The van der Waals surface area contributed by atoms with E-state index in [2.05, 4.69) is 12.2 Å².